The molecule has 2 aliphatic heterocycles. The lowest BCUT2D eigenvalue weighted by Gasteiger charge is -2.38. The van der Waals surface area contributed by atoms with Crippen LogP contribution in [0.5, 0.6) is 34.5 Å². The average molecular weight is 1620 g/mol. The number of ketones is 1. The third-order valence-corrected chi connectivity index (χ3v) is 20.2. The number of piperidine rings is 2. The predicted octanol–water partition coefficient (Wildman–Crippen LogP) is 12.2. The normalized spacial score (nSPS) is 14.5. The lowest BCUT2D eigenvalue weighted by Crippen LogP contribution is -2.55. The van der Waals surface area contributed by atoms with Crippen molar-refractivity contribution in [3.63, 3.8) is 0 Å². The number of H-pyrrole nitrogens is 2. The highest BCUT2D eigenvalue weighted by Gasteiger charge is 2.32. The number of imidazole rings is 2. The number of fused-ring (bicyclic) bond motifs is 2. The van der Waals surface area contributed by atoms with Crippen LogP contribution in [0.3, 0.4) is 0 Å². The van der Waals surface area contributed by atoms with Crippen LogP contribution < -0.4 is 67.2 Å². The number of ether oxygens (including phenoxy) is 8. The van der Waals surface area contributed by atoms with Gasteiger partial charge in [0, 0.05) is 108 Å². The third kappa shape index (κ3) is 26.3. The number of nitrogen functional groups attached to an aromatic ring is 2. The van der Waals surface area contributed by atoms with E-state index >= 15 is 0 Å². The molecule has 4 heterocycles. The van der Waals surface area contributed by atoms with Gasteiger partial charge < -0.3 is 84.7 Å². The molecule has 0 aliphatic carbocycles. The Kier molecular flexibility index (Phi) is 35.9. The van der Waals surface area contributed by atoms with Gasteiger partial charge in [-0.1, -0.05) is 72.9 Å². The summed E-state index contributed by atoms with van der Waals surface area (Å²) in [6.07, 6.45) is 6.39. The van der Waals surface area contributed by atoms with Crippen molar-refractivity contribution in [2.24, 2.45) is 0 Å². The number of hydrogen-bond acceptors (Lipinski definition) is 20. The third-order valence-electron chi connectivity index (χ3n) is 19.3. The second-order valence-electron chi connectivity index (χ2n) is 27.6. The maximum Gasteiger partial charge on any atom is 0.326 e. The second-order valence-corrected chi connectivity index (χ2v) is 28.9. The zero-order valence-corrected chi connectivity index (χ0v) is 68.5. The molecule has 612 valence electrons. The van der Waals surface area contributed by atoms with Crippen molar-refractivity contribution in [3.05, 3.63) is 197 Å². The van der Waals surface area contributed by atoms with Gasteiger partial charge in [-0.25, -0.2) is 14.0 Å². The van der Waals surface area contributed by atoms with Gasteiger partial charge in [0.05, 0.1) is 115 Å². The monoisotopic (exact) mass is 1620 g/mol. The molecule has 2 aliphatic rings. The molecule has 30 heteroatoms. The molecular formula is C83H109Cl3FN13O13. The number of aromatic nitrogens is 4. The summed E-state index contributed by atoms with van der Waals surface area (Å²) in [5, 5.41) is 10.4. The van der Waals surface area contributed by atoms with Gasteiger partial charge in [0.1, 0.15) is 35.4 Å². The second kappa shape index (κ2) is 45.5. The van der Waals surface area contributed by atoms with Gasteiger partial charge in [0.25, 0.3) is 11.8 Å². The van der Waals surface area contributed by atoms with E-state index in [1.165, 1.54) is 39.5 Å². The number of aryl methyl sites for hydroxylation is 1. The summed E-state index contributed by atoms with van der Waals surface area (Å²) in [5.41, 5.74) is 18.7. The highest BCUT2D eigenvalue weighted by Crippen LogP contribution is 2.35. The number of carbonyl (C=O) groups excluding carboxylic acids is 3. The first kappa shape index (κ1) is 89.2. The standard InChI is InChI=1S/C23H29ClFN3O4.C22H24ClN5O2.C22H30N2O5.C16H26ClN3O2/c1-30-21-13-19(26)18(24)12-17(21)23(29)27-20-8-10-28(14-22(20)31-2)9-3-11-32-16-6-4-15(25)5-7-16;23-15-6-7-20-18(14-15)25-22(30)28(20)16-8-12-26(13-9-16)10-3-11-27-19-5-2-1-4-17(19)24-21(27)29;1-24(2)10-11-29-19-8-6-16(7-9-19)14-23-22(25)17-12-18(15-26-3)21(28-5)20(13-17)27-4;1-4-6-20(7-5-2)11-19-10-15(21)12-8-13(17)14(18)9-16(12)22-3/h4-7,12-13,20,22H,3,8-11,14,26H2,1-2H3,(H,27,29);1-2,4-7,14,16H,3,8-13H2,(H,24,29)(H,25,30);6-9,12-13H,10-11,14-15H2,1-5H3,(H,23,25);8-9,19H,4-7,10-11,18H2,1-3H3. The average Bonchev–Trinajstić information content (AvgIpc) is 1.65. The molecule has 2 fully saturated rings. The Bertz CT molecular complexity index is 4630. The van der Waals surface area contributed by atoms with Crippen LogP contribution in [0.1, 0.15) is 107 Å². The van der Waals surface area contributed by atoms with Crippen LogP contribution in [-0.4, -0.2) is 211 Å². The van der Waals surface area contributed by atoms with Gasteiger partial charge >= 0.3 is 11.4 Å². The first-order valence-corrected chi connectivity index (χ1v) is 39.0. The van der Waals surface area contributed by atoms with Gasteiger partial charge in [-0.3, -0.25) is 33.7 Å². The molecule has 0 spiro atoms. The highest BCUT2D eigenvalue weighted by atomic mass is 35.5. The molecule has 2 atom stereocenters. The van der Waals surface area contributed by atoms with Crippen molar-refractivity contribution in [2.75, 3.05) is 154 Å². The van der Waals surface area contributed by atoms with Crippen LogP contribution in [0, 0.1) is 5.82 Å². The molecule has 113 heavy (non-hydrogen) atoms. The molecule has 9 N–H and O–H groups in total. The largest absolute Gasteiger partial charge is 0.496 e. The lowest BCUT2D eigenvalue weighted by atomic mass is 10.0. The Morgan fingerprint density at radius 2 is 1.25 bits per heavy atom. The first-order valence-electron chi connectivity index (χ1n) is 37.9. The number of likely N-dealkylation sites (tertiary alicyclic amines) is 2. The molecule has 0 bridgehead atoms. The number of benzene rings is 7. The summed E-state index contributed by atoms with van der Waals surface area (Å²) in [5.74, 6) is 2.52. The van der Waals surface area contributed by atoms with E-state index in [1.54, 1.807) is 69.9 Å². The number of para-hydroxylation sites is 2. The van der Waals surface area contributed by atoms with E-state index in [2.05, 4.69) is 59.4 Å². The number of anilines is 2. The van der Waals surface area contributed by atoms with Gasteiger partial charge in [-0.05, 0) is 175 Å². The van der Waals surface area contributed by atoms with Crippen molar-refractivity contribution in [1.82, 2.24) is 54.7 Å². The summed E-state index contributed by atoms with van der Waals surface area (Å²) in [6, 6.07) is 36.7. The van der Waals surface area contributed by atoms with Crippen molar-refractivity contribution in [3.8, 4) is 34.5 Å². The predicted molar refractivity (Wildman–Crippen MR) is 445 cm³/mol. The number of nitrogens with one attached hydrogen (secondary N) is 5. The SMILES string of the molecule is CCCN(CCC)CNCC(=O)c1cc(Cl)c(N)cc1OC.COCc1cc(C(=O)NCc2ccc(OCCN(C)C)cc2)cc(OC)c1OC.COc1cc(N)c(Cl)cc1C(=O)NC1CCN(CCCOc2ccc(F)cc2)CC1OC.O=c1[nH]c2ccccc2n1CCCN1CCC(n2c(=O)[nH]c3cc(Cl)ccc32)CC1. The molecule has 11 rings (SSSR count). The Balaban J connectivity index is 0.000000190. The summed E-state index contributed by atoms with van der Waals surface area (Å²) >= 11 is 18.1. The number of nitrogens with zero attached hydrogens (tertiary/aromatic N) is 6. The topological polar surface area (TPSA) is 302 Å². The van der Waals surface area contributed by atoms with Crippen LogP contribution in [0.15, 0.2) is 137 Å². The van der Waals surface area contributed by atoms with Gasteiger partial charge in [0.15, 0.2) is 17.3 Å². The van der Waals surface area contributed by atoms with E-state index in [-0.39, 0.29) is 59.5 Å². The fourth-order valence-corrected chi connectivity index (χ4v) is 14.0. The zero-order valence-electron chi connectivity index (χ0n) is 66.3. The Morgan fingerprint density at radius 3 is 1.88 bits per heavy atom. The molecule has 0 radical (unpaired) electrons. The van der Waals surface area contributed by atoms with Gasteiger partial charge in [-0.2, -0.15) is 0 Å². The zero-order chi connectivity index (χ0) is 81.5. The molecule has 2 unspecified atom stereocenters. The molecule has 0 saturated carbocycles. The smallest absolute Gasteiger partial charge is 0.326 e. The van der Waals surface area contributed by atoms with Crippen LogP contribution >= 0.6 is 34.8 Å². The highest BCUT2D eigenvalue weighted by molar-refractivity contribution is 6.34. The van der Waals surface area contributed by atoms with E-state index in [0.717, 1.165) is 136 Å². The Hall–Kier alpha value is -9.39. The van der Waals surface area contributed by atoms with Crippen molar-refractivity contribution < 1.29 is 56.7 Å². The van der Waals surface area contributed by atoms with E-state index in [9.17, 15) is 28.4 Å². The maximum atomic E-state index is 12.9. The summed E-state index contributed by atoms with van der Waals surface area (Å²) in [7, 11) is 13.3. The number of aromatic amines is 2. The minimum Gasteiger partial charge on any atom is -0.496 e. The van der Waals surface area contributed by atoms with E-state index in [4.69, 9.17) is 84.2 Å². The molecule has 2 saturated heterocycles. The van der Waals surface area contributed by atoms with E-state index < -0.39 is 0 Å². The van der Waals surface area contributed by atoms with Gasteiger partial charge in [0.2, 0.25) is 0 Å². The van der Waals surface area contributed by atoms with Crippen molar-refractivity contribution >= 4 is 85.8 Å². The van der Waals surface area contributed by atoms with E-state index in [0.29, 0.717) is 118 Å². The van der Waals surface area contributed by atoms with E-state index in [1.807, 2.05) is 83.9 Å². The van der Waals surface area contributed by atoms with Crippen molar-refractivity contribution in [1.29, 1.82) is 0 Å². The number of amides is 2. The number of nitrogens with two attached hydrogens (primary N) is 2. The number of hydrogen-bond donors (Lipinski definition) is 7. The summed E-state index contributed by atoms with van der Waals surface area (Å²) in [4.78, 5) is 77.4. The first-order chi connectivity index (χ1) is 54.5. The molecule has 9 aromatic rings. The number of methoxy groups -OCH3 is 6. The number of likely N-dealkylation sites (N-methyl/N-ethyl adjacent to an activating group) is 1. The minimum absolute atomic E-state index is 0.0475. The summed E-state index contributed by atoms with van der Waals surface area (Å²) < 4.78 is 60.1. The molecule has 2 aromatic heterocycles. The van der Waals surface area contributed by atoms with Crippen LogP contribution in [0.4, 0.5) is 15.8 Å². The number of rotatable bonds is 35. The summed E-state index contributed by atoms with van der Waals surface area (Å²) in [6.45, 7) is 15.9. The molecule has 2 amide bonds. The number of halogens is 4. The fourth-order valence-electron chi connectivity index (χ4n) is 13.5. The fraction of sp³-hybridized carbons (Fsp3) is 0.434. The lowest BCUT2D eigenvalue weighted by molar-refractivity contribution is 0.00527. The molecule has 26 nitrogen and oxygen atoms in total. The Labute approximate surface area is 675 Å². The minimum atomic E-state index is -0.282. The number of carbonyl (C=O) groups is 3. The van der Waals surface area contributed by atoms with Crippen molar-refractivity contribution in [2.45, 2.75) is 96.7 Å². The van der Waals surface area contributed by atoms with Gasteiger partial charge in [-0.15, -0.1) is 0 Å². The Morgan fingerprint density at radius 1 is 0.628 bits per heavy atom. The molecule has 7 aromatic carbocycles. The maximum absolute atomic E-state index is 12.9. The van der Waals surface area contributed by atoms with Crippen LogP contribution in [-0.2, 0) is 29.2 Å². The molecular weight excluding hydrogens is 1510 g/mol. The van der Waals surface area contributed by atoms with Crippen LogP contribution in [0.2, 0.25) is 15.1 Å². The van der Waals surface area contributed by atoms with Crippen LogP contribution in [0.25, 0.3) is 22.1 Å². The number of Topliss-reactive ketones (excluding diaryl/α,β-unsaturated/α-hetero) is 1. The quantitative estimate of drug-likeness (QED) is 0.00840.